The van der Waals surface area contributed by atoms with Crippen molar-refractivity contribution in [2.45, 2.75) is 6.42 Å². The van der Waals surface area contributed by atoms with Crippen LogP contribution >= 0.6 is 15.9 Å². The molecule has 2 rings (SSSR count). The van der Waals surface area contributed by atoms with Gasteiger partial charge in [-0.2, -0.15) is 13.7 Å². The summed E-state index contributed by atoms with van der Waals surface area (Å²) in [6.07, 6.45) is -0.0376. The quantitative estimate of drug-likeness (QED) is 0.772. The molecule has 1 aromatic carbocycles. The van der Waals surface area contributed by atoms with Gasteiger partial charge in [-0.1, -0.05) is 15.9 Å². The molecule has 1 atom stereocenters. The monoisotopic (exact) mass is 360 g/mol. The minimum atomic E-state index is -4.61. The van der Waals surface area contributed by atoms with E-state index < -0.39 is 21.9 Å². The highest BCUT2D eigenvalue weighted by Gasteiger charge is 2.34. The van der Waals surface area contributed by atoms with Gasteiger partial charge in [0, 0.05) is 23.4 Å². The first kappa shape index (κ1) is 14.9. The van der Waals surface area contributed by atoms with Gasteiger partial charge in [-0.3, -0.25) is 4.79 Å². The average molecular weight is 361 g/mol. The Labute approximate surface area is 124 Å². The molecule has 106 valence electrons. The number of anilines is 1. The maximum absolute atomic E-state index is 12.7. The van der Waals surface area contributed by atoms with Crippen molar-refractivity contribution < 1.29 is 17.1 Å². The van der Waals surface area contributed by atoms with Gasteiger partial charge in [-0.25, -0.2) is 0 Å². The normalized spacial score (nSPS) is 19.1. The molecule has 1 aliphatic rings. The van der Waals surface area contributed by atoms with Crippen molar-refractivity contribution in [2.24, 2.45) is 5.92 Å². The fourth-order valence-electron chi connectivity index (χ4n) is 2.24. The lowest BCUT2D eigenvalue weighted by molar-refractivity contribution is -0.117. The molecule has 1 fully saturated rings. The summed E-state index contributed by atoms with van der Waals surface area (Å²) in [5.41, 5.74) is 0.718. The van der Waals surface area contributed by atoms with Crippen LogP contribution < -0.4 is 4.90 Å². The van der Waals surface area contributed by atoms with Gasteiger partial charge in [0.15, 0.2) is 0 Å². The maximum Gasteiger partial charge on any atom is 0.302 e. The lowest BCUT2D eigenvalue weighted by atomic mass is 10.1. The molecule has 0 spiro atoms. The first-order chi connectivity index (χ1) is 9.30. The lowest BCUT2D eigenvalue weighted by Crippen LogP contribution is -2.26. The van der Waals surface area contributed by atoms with Crippen LogP contribution in [-0.4, -0.2) is 26.6 Å². The van der Waals surface area contributed by atoms with Crippen molar-refractivity contribution in [1.82, 2.24) is 0 Å². The Morgan fingerprint density at radius 2 is 2.20 bits per heavy atom. The van der Waals surface area contributed by atoms with Gasteiger partial charge in [0.2, 0.25) is 5.91 Å². The minimum Gasteiger partial charge on any atom is -0.311 e. The molecule has 1 amide bonds. The number of rotatable bonds is 3. The van der Waals surface area contributed by atoms with Gasteiger partial charge in [0.1, 0.15) is 6.07 Å². The standard InChI is InChI=1S/C12H10BrFN2O3S/c13-10-1-2-11(9(4-10)5-15)16-6-8(3-12(16)17)7-20(14,18)19/h1-2,4,8H,3,6-7H2. The Balaban J connectivity index is 2.27. The number of nitriles is 1. The Morgan fingerprint density at radius 1 is 1.50 bits per heavy atom. The second kappa shape index (κ2) is 5.50. The summed E-state index contributed by atoms with van der Waals surface area (Å²) in [6, 6.07) is 6.84. The molecule has 1 unspecified atom stereocenters. The van der Waals surface area contributed by atoms with Crippen molar-refractivity contribution in [3.8, 4) is 6.07 Å². The summed E-state index contributed by atoms with van der Waals surface area (Å²) >= 11 is 3.23. The number of benzene rings is 1. The van der Waals surface area contributed by atoms with Crippen LogP contribution in [0.15, 0.2) is 22.7 Å². The number of hydrogen-bond donors (Lipinski definition) is 0. The molecule has 0 aliphatic carbocycles. The van der Waals surface area contributed by atoms with E-state index in [0.717, 1.165) is 0 Å². The Hall–Kier alpha value is -1.46. The van der Waals surface area contributed by atoms with Gasteiger partial charge >= 0.3 is 10.2 Å². The van der Waals surface area contributed by atoms with Gasteiger partial charge in [0.25, 0.3) is 0 Å². The SMILES string of the molecule is N#Cc1cc(Br)ccc1N1CC(CS(=O)(=O)F)CC1=O. The van der Waals surface area contributed by atoms with Crippen LogP contribution in [0.4, 0.5) is 9.57 Å². The molecule has 5 nitrogen and oxygen atoms in total. The molecule has 20 heavy (non-hydrogen) atoms. The van der Waals surface area contributed by atoms with E-state index in [4.69, 9.17) is 5.26 Å². The van der Waals surface area contributed by atoms with Crippen LogP contribution in [-0.2, 0) is 15.0 Å². The van der Waals surface area contributed by atoms with Crippen LogP contribution in [0.3, 0.4) is 0 Å². The molecule has 0 bridgehead atoms. The highest BCUT2D eigenvalue weighted by atomic mass is 79.9. The van der Waals surface area contributed by atoms with Crippen LogP contribution in [0.2, 0.25) is 0 Å². The predicted octanol–water partition coefficient (Wildman–Crippen LogP) is 1.97. The van der Waals surface area contributed by atoms with Gasteiger partial charge in [-0.05, 0) is 18.2 Å². The highest BCUT2D eigenvalue weighted by Crippen LogP contribution is 2.30. The molecular formula is C12H10BrFN2O3S. The largest absolute Gasteiger partial charge is 0.311 e. The van der Waals surface area contributed by atoms with E-state index >= 15 is 0 Å². The van der Waals surface area contributed by atoms with Crippen molar-refractivity contribution in [3.05, 3.63) is 28.2 Å². The molecule has 8 heteroatoms. The van der Waals surface area contributed by atoms with E-state index in [0.29, 0.717) is 15.7 Å². The molecule has 0 aromatic heterocycles. The van der Waals surface area contributed by atoms with Crippen LogP contribution in [0.25, 0.3) is 0 Å². The minimum absolute atomic E-state index is 0.0376. The molecule has 0 saturated carbocycles. The predicted molar refractivity (Wildman–Crippen MR) is 74.2 cm³/mol. The van der Waals surface area contributed by atoms with Gasteiger partial charge in [0.05, 0.1) is 17.0 Å². The fourth-order valence-corrected chi connectivity index (χ4v) is 3.39. The number of nitrogens with zero attached hydrogens (tertiary/aromatic N) is 2. The van der Waals surface area contributed by atoms with Crippen molar-refractivity contribution in [1.29, 1.82) is 5.26 Å². The molecular weight excluding hydrogens is 351 g/mol. The molecule has 1 heterocycles. The summed E-state index contributed by atoms with van der Waals surface area (Å²) in [7, 11) is -4.61. The average Bonchev–Trinajstić information content (AvgIpc) is 2.67. The first-order valence-corrected chi connectivity index (χ1v) is 8.07. The van der Waals surface area contributed by atoms with Crippen molar-refractivity contribution in [3.63, 3.8) is 0 Å². The zero-order valence-corrected chi connectivity index (χ0v) is 12.6. The second-order valence-corrected chi connectivity index (χ2v) is 6.88. The van der Waals surface area contributed by atoms with Gasteiger partial charge in [-0.15, -0.1) is 3.89 Å². The van der Waals surface area contributed by atoms with E-state index in [9.17, 15) is 17.1 Å². The molecule has 0 N–H and O–H groups in total. The zero-order valence-electron chi connectivity index (χ0n) is 10.2. The third-order valence-electron chi connectivity index (χ3n) is 3.01. The van der Waals surface area contributed by atoms with E-state index in [1.807, 2.05) is 6.07 Å². The summed E-state index contributed by atoms with van der Waals surface area (Å²) < 4.78 is 34.7. The maximum atomic E-state index is 12.7. The molecule has 1 aromatic rings. The molecule has 0 radical (unpaired) electrons. The Kier molecular flexibility index (Phi) is 4.11. The number of halogens is 2. The Bertz CT molecular complexity index is 699. The summed E-state index contributed by atoms with van der Waals surface area (Å²) in [4.78, 5) is 13.2. The highest BCUT2D eigenvalue weighted by molar-refractivity contribution is 9.10. The second-order valence-electron chi connectivity index (χ2n) is 4.55. The lowest BCUT2D eigenvalue weighted by Gasteiger charge is -2.18. The van der Waals surface area contributed by atoms with E-state index in [-0.39, 0.29) is 18.9 Å². The number of carbonyl (C=O) groups excluding carboxylic acids is 1. The zero-order chi connectivity index (χ0) is 14.9. The number of carbonyl (C=O) groups is 1. The smallest absolute Gasteiger partial charge is 0.302 e. The van der Waals surface area contributed by atoms with Crippen LogP contribution in [0.5, 0.6) is 0 Å². The van der Waals surface area contributed by atoms with E-state index in [1.165, 1.54) is 4.90 Å². The third-order valence-corrected chi connectivity index (χ3v) is 4.37. The topological polar surface area (TPSA) is 78.2 Å². The summed E-state index contributed by atoms with van der Waals surface area (Å²) in [5.74, 6) is -1.57. The summed E-state index contributed by atoms with van der Waals surface area (Å²) in [5, 5.41) is 9.08. The fraction of sp³-hybridized carbons (Fsp3) is 0.333. The van der Waals surface area contributed by atoms with Crippen LogP contribution in [0.1, 0.15) is 12.0 Å². The van der Waals surface area contributed by atoms with Gasteiger partial charge < -0.3 is 4.90 Å². The number of hydrogen-bond acceptors (Lipinski definition) is 4. The van der Waals surface area contributed by atoms with Crippen LogP contribution in [0, 0.1) is 17.2 Å². The molecule has 1 aliphatic heterocycles. The number of amides is 1. The summed E-state index contributed by atoms with van der Waals surface area (Å²) in [6.45, 7) is 0.0955. The third kappa shape index (κ3) is 3.35. The first-order valence-electron chi connectivity index (χ1n) is 5.72. The van der Waals surface area contributed by atoms with Crippen molar-refractivity contribution >= 4 is 37.7 Å². The Morgan fingerprint density at radius 3 is 2.80 bits per heavy atom. The molecule has 1 saturated heterocycles. The van der Waals surface area contributed by atoms with E-state index in [2.05, 4.69) is 15.9 Å². The van der Waals surface area contributed by atoms with E-state index in [1.54, 1.807) is 18.2 Å². The van der Waals surface area contributed by atoms with Crippen molar-refractivity contribution in [2.75, 3.05) is 17.2 Å².